The monoisotopic (exact) mass is 355 g/mol. The van der Waals surface area contributed by atoms with E-state index in [2.05, 4.69) is 16.0 Å². The van der Waals surface area contributed by atoms with Crippen LogP contribution in [0.1, 0.15) is 34.8 Å². The molecular formula is C19H21N3O2S. The minimum absolute atomic E-state index is 0.165. The van der Waals surface area contributed by atoms with Gasteiger partial charge < -0.3 is 16.0 Å². The minimum atomic E-state index is -0.254. The first kappa shape index (κ1) is 18.6. The molecule has 0 atom stereocenters. The first-order valence-corrected chi connectivity index (χ1v) is 8.40. The van der Waals surface area contributed by atoms with Gasteiger partial charge in [-0.25, -0.2) is 0 Å². The Bertz CT molecular complexity index is 818. The van der Waals surface area contributed by atoms with Crippen LogP contribution in [0.5, 0.6) is 0 Å². The average molecular weight is 355 g/mol. The van der Waals surface area contributed by atoms with Crippen molar-refractivity contribution in [2.75, 3.05) is 10.6 Å². The van der Waals surface area contributed by atoms with Crippen LogP contribution in [-0.2, 0) is 4.79 Å². The fraction of sp³-hybridized carbons (Fsp3) is 0.211. The third kappa shape index (κ3) is 5.12. The summed E-state index contributed by atoms with van der Waals surface area (Å²) in [5.74, 6) is -0.439. The Hall–Kier alpha value is -2.73. The minimum Gasteiger partial charge on any atom is -0.332 e. The van der Waals surface area contributed by atoms with Crippen molar-refractivity contribution in [2.24, 2.45) is 0 Å². The van der Waals surface area contributed by atoms with Crippen molar-refractivity contribution in [1.82, 2.24) is 5.32 Å². The molecule has 3 N–H and O–H groups in total. The lowest BCUT2D eigenvalue weighted by molar-refractivity contribution is -0.119. The van der Waals surface area contributed by atoms with Gasteiger partial charge in [-0.3, -0.25) is 9.59 Å². The van der Waals surface area contributed by atoms with E-state index in [1.54, 1.807) is 31.2 Å². The van der Waals surface area contributed by atoms with E-state index >= 15 is 0 Å². The van der Waals surface area contributed by atoms with Gasteiger partial charge in [0.25, 0.3) is 5.91 Å². The summed E-state index contributed by atoms with van der Waals surface area (Å²) in [6, 6.07) is 12.7. The molecule has 6 heteroatoms. The van der Waals surface area contributed by atoms with Crippen molar-refractivity contribution in [3.05, 3.63) is 59.2 Å². The van der Waals surface area contributed by atoms with E-state index < -0.39 is 0 Å². The zero-order valence-electron chi connectivity index (χ0n) is 14.5. The van der Waals surface area contributed by atoms with Gasteiger partial charge in [-0.2, -0.15) is 0 Å². The van der Waals surface area contributed by atoms with Crippen molar-refractivity contribution in [3.63, 3.8) is 0 Å². The summed E-state index contributed by atoms with van der Waals surface area (Å²) < 4.78 is 0. The number of amides is 2. The SMILES string of the molecule is CCC(=O)NC(=S)Nc1ccccc1C(=O)Nc1ccc(C)c(C)c1. The standard InChI is InChI=1S/C19H21N3O2S/c1-4-17(23)22-19(25)21-16-8-6-5-7-15(16)18(24)20-14-10-9-12(2)13(3)11-14/h5-11H,4H2,1-3H3,(H,20,24)(H2,21,22,23,25). The van der Waals surface area contributed by atoms with Crippen molar-refractivity contribution in [3.8, 4) is 0 Å². The summed E-state index contributed by atoms with van der Waals surface area (Å²) in [5.41, 5.74) is 3.97. The van der Waals surface area contributed by atoms with Crippen LogP contribution in [0.4, 0.5) is 11.4 Å². The topological polar surface area (TPSA) is 70.2 Å². The van der Waals surface area contributed by atoms with E-state index in [0.717, 1.165) is 16.8 Å². The first-order valence-electron chi connectivity index (χ1n) is 7.99. The van der Waals surface area contributed by atoms with Crippen molar-refractivity contribution < 1.29 is 9.59 Å². The molecule has 5 nitrogen and oxygen atoms in total. The molecule has 0 aliphatic heterocycles. The van der Waals surface area contributed by atoms with Gasteiger partial charge >= 0.3 is 0 Å². The maximum atomic E-state index is 12.6. The van der Waals surface area contributed by atoms with E-state index in [0.29, 0.717) is 17.7 Å². The van der Waals surface area contributed by atoms with Crippen LogP contribution >= 0.6 is 12.2 Å². The van der Waals surface area contributed by atoms with Crippen molar-refractivity contribution in [2.45, 2.75) is 27.2 Å². The molecule has 0 spiro atoms. The average Bonchev–Trinajstić information content (AvgIpc) is 2.58. The van der Waals surface area contributed by atoms with Crippen LogP contribution in [0.2, 0.25) is 0 Å². The molecule has 0 unspecified atom stereocenters. The molecule has 0 aliphatic carbocycles. The molecule has 0 saturated heterocycles. The molecule has 2 aromatic carbocycles. The molecule has 0 heterocycles. The van der Waals surface area contributed by atoms with E-state index in [1.165, 1.54) is 0 Å². The molecule has 2 aromatic rings. The summed E-state index contributed by atoms with van der Waals surface area (Å²) in [6.07, 6.45) is 0.330. The summed E-state index contributed by atoms with van der Waals surface area (Å²) in [5, 5.41) is 8.51. The van der Waals surface area contributed by atoms with Crippen molar-refractivity contribution in [1.29, 1.82) is 0 Å². The number of rotatable bonds is 4. The van der Waals surface area contributed by atoms with Crippen molar-refractivity contribution >= 4 is 40.5 Å². The fourth-order valence-corrected chi connectivity index (χ4v) is 2.40. The smallest absolute Gasteiger partial charge is 0.257 e. The Morgan fingerprint density at radius 3 is 2.40 bits per heavy atom. The molecule has 0 fully saturated rings. The Kier molecular flexibility index (Phi) is 6.25. The number of hydrogen-bond acceptors (Lipinski definition) is 3. The van der Waals surface area contributed by atoms with Gasteiger partial charge in [0, 0.05) is 12.1 Å². The highest BCUT2D eigenvalue weighted by Crippen LogP contribution is 2.19. The van der Waals surface area contributed by atoms with E-state index in [1.807, 2.05) is 32.0 Å². The summed E-state index contributed by atoms with van der Waals surface area (Å²) in [4.78, 5) is 24.0. The third-order valence-electron chi connectivity index (χ3n) is 3.76. The summed E-state index contributed by atoms with van der Waals surface area (Å²) in [6.45, 7) is 5.75. The number of anilines is 2. The second-order valence-electron chi connectivity index (χ2n) is 5.65. The second-order valence-corrected chi connectivity index (χ2v) is 6.06. The van der Waals surface area contributed by atoms with E-state index in [4.69, 9.17) is 12.2 Å². The number of thiocarbonyl (C=S) groups is 1. The van der Waals surface area contributed by atoms with Crippen LogP contribution in [0.25, 0.3) is 0 Å². The molecule has 0 radical (unpaired) electrons. The van der Waals surface area contributed by atoms with Gasteiger partial charge in [-0.05, 0) is 61.5 Å². The van der Waals surface area contributed by atoms with Gasteiger partial charge in [0.15, 0.2) is 5.11 Å². The number of carbonyl (C=O) groups excluding carboxylic acids is 2. The molecular weight excluding hydrogens is 334 g/mol. The highest BCUT2D eigenvalue weighted by molar-refractivity contribution is 7.80. The highest BCUT2D eigenvalue weighted by atomic mass is 32.1. The van der Waals surface area contributed by atoms with Crippen LogP contribution in [0.3, 0.4) is 0 Å². The number of carbonyl (C=O) groups is 2. The quantitative estimate of drug-likeness (QED) is 0.730. The number of benzene rings is 2. The van der Waals surface area contributed by atoms with Crippen LogP contribution in [-0.4, -0.2) is 16.9 Å². The lowest BCUT2D eigenvalue weighted by atomic mass is 10.1. The van der Waals surface area contributed by atoms with E-state index in [9.17, 15) is 9.59 Å². The lowest BCUT2D eigenvalue weighted by Gasteiger charge is -2.14. The number of hydrogen-bond donors (Lipinski definition) is 3. The zero-order valence-corrected chi connectivity index (χ0v) is 15.3. The molecule has 2 rings (SSSR count). The predicted octanol–water partition coefficient (Wildman–Crippen LogP) is 3.78. The predicted molar refractivity (Wildman–Crippen MR) is 105 cm³/mol. The van der Waals surface area contributed by atoms with Gasteiger partial charge in [0.1, 0.15) is 0 Å². The lowest BCUT2D eigenvalue weighted by Crippen LogP contribution is -2.34. The zero-order chi connectivity index (χ0) is 18.4. The first-order chi connectivity index (χ1) is 11.9. The molecule has 0 aromatic heterocycles. The Morgan fingerprint density at radius 2 is 1.72 bits per heavy atom. The molecule has 0 aliphatic rings. The Morgan fingerprint density at radius 1 is 1.00 bits per heavy atom. The van der Waals surface area contributed by atoms with Gasteiger partial charge in [-0.15, -0.1) is 0 Å². The maximum Gasteiger partial charge on any atom is 0.257 e. The Labute approximate surface area is 152 Å². The molecule has 0 bridgehead atoms. The highest BCUT2D eigenvalue weighted by Gasteiger charge is 2.13. The number of nitrogens with one attached hydrogen (secondary N) is 3. The van der Waals surface area contributed by atoms with E-state index in [-0.39, 0.29) is 16.9 Å². The van der Waals surface area contributed by atoms with Crippen LogP contribution in [0.15, 0.2) is 42.5 Å². The Balaban J connectivity index is 2.15. The fourth-order valence-electron chi connectivity index (χ4n) is 2.18. The molecule has 130 valence electrons. The normalized spacial score (nSPS) is 10.0. The number of para-hydroxylation sites is 1. The van der Waals surface area contributed by atoms with Gasteiger partial charge in [0.05, 0.1) is 11.3 Å². The number of aryl methyl sites for hydroxylation is 2. The molecule has 25 heavy (non-hydrogen) atoms. The summed E-state index contributed by atoms with van der Waals surface area (Å²) >= 11 is 5.11. The third-order valence-corrected chi connectivity index (χ3v) is 3.96. The van der Waals surface area contributed by atoms with Gasteiger partial charge in [0.2, 0.25) is 5.91 Å². The molecule has 0 saturated carbocycles. The summed E-state index contributed by atoms with van der Waals surface area (Å²) in [7, 11) is 0. The van der Waals surface area contributed by atoms with Crippen LogP contribution < -0.4 is 16.0 Å². The second kappa shape index (κ2) is 8.39. The maximum absolute atomic E-state index is 12.6. The van der Waals surface area contributed by atoms with Crippen LogP contribution in [0, 0.1) is 13.8 Å². The molecule has 2 amide bonds. The largest absolute Gasteiger partial charge is 0.332 e. The van der Waals surface area contributed by atoms with Gasteiger partial charge in [-0.1, -0.05) is 25.1 Å².